The van der Waals surface area contributed by atoms with E-state index in [1.54, 1.807) is 0 Å². The van der Waals surface area contributed by atoms with Gasteiger partial charge in [0.25, 0.3) is 0 Å². The Morgan fingerprint density at radius 1 is 0.400 bits per heavy atom. The Kier molecular flexibility index (Phi) is 7.14. The summed E-state index contributed by atoms with van der Waals surface area (Å²) >= 11 is 0. The van der Waals surface area contributed by atoms with Gasteiger partial charge in [0, 0.05) is 44.5 Å². The molecule has 11 aromatic rings. The largest absolute Gasteiger partial charge is 0.435 e. The van der Waals surface area contributed by atoms with Crippen molar-refractivity contribution in [2.75, 3.05) is 4.90 Å². The smallest absolute Gasteiger partial charge is 0.227 e. The number of fused-ring (bicyclic) bond motifs is 8. The lowest BCUT2D eigenvalue weighted by Crippen LogP contribution is -2.10. The Morgan fingerprint density at radius 3 is 1.76 bits per heavy atom. The van der Waals surface area contributed by atoms with Gasteiger partial charge in [0.2, 0.25) is 5.89 Å². The van der Waals surface area contributed by atoms with Gasteiger partial charge in [0.1, 0.15) is 5.52 Å². The molecule has 4 nitrogen and oxygen atoms in total. The molecule has 55 heavy (non-hydrogen) atoms. The van der Waals surface area contributed by atoms with Crippen LogP contribution in [0.5, 0.6) is 0 Å². The number of para-hydroxylation sites is 2. The maximum Gasteiger partial charge on any atom is 0.227 e. The number of hydrogen-bond acceptors (Lipinski definition) is 3. The van der Waals surface area contributed by atoms with Crippen LogP contribution in [0.2, 0.25) is 0 Å². The van der Waals surface area contributed by atoms with Gasteiger partial charge in [-0.05, 0) is 106 Å². The van der Waals surface area contributed by atoms with Crippen LogP contribution in [0.4, 0.5) is 17.1 Å². The number of benzene rings is 9. The highest BCUT2D eigenvalue weighted by Crippen LogP contribution is 2.41. The Bertz CT molecular complexity index is 3180. The van der Waals surface area contributed by atoms with Crippen molar-refractivity contribution >= 4 is 71.5 Å². The van der Waals surface area contributed by atoms with E-state index in [2.05, 4.69) is 210 Å². The molecule has 0 spiro atoms. The van der Waals surface area contributed by atoms with Crippen LogP contribution in [-0.2, 0) is 0 Å². The minimum Gasteiger partial charge on any atom is -0.435 e. The number of rotatable bonds is 6. The van der Waals surface area contributed by atoms with Gasteiger partial charge < -0.3 is 13.9 Å². The monoisotopic (exact) mass is 703 g/mol. The van der Waals surface area contributed by atoms with E-state index < -0.39 is 0 Å². The van der Waals surface area contributed by atoms with Crippen molar-refractivity contribution in [3.63, 3.8) is 0 Å². The van der Waals surface area contributed by atoms with Crippen LogP contribution in [0.15, 0.2) is 205 Å². The number of anilines is 3. The zero-order valence-corrected chi connectivity index (χ0v) is 29.8. The first kappa shape index (κ1) is 31.1. The highest BCUT2D eigenvalue weighted by molar-refractivity contribution is 6.15. The number of oxazole rings is 1. The minimum atomic E-state index is 0.606. The fraction of sp³-hybridized carbons (Fsp3) is 0. The van der Waals surface area contributed by atoms with Crippen LogP contribution >= 0.6 is 0 Å². The van der Waals surface area contributed by atoms with Gasteiger partial charge >= 0.3 is 0 Å². The molecule has 4 heteroatoms. The van der Waals surface area contributed by atoms with Gasteiger partial charge in [0.05, 0.1) is 11.0 Å². The second-order valence-electron chi connectivity index (χ2n) is 14.0. The van der Waals surface area contributed by atoms with Gasteiger partial charge in [-0.1, -0.05) is 121 Å². The Hall–Kier alpha value is -7.43. The summed E-state index contributed by atoms with van der Waals surface area (Å²) in [6, 6.07) is 71.0. The van der Waals surface area contributed by atoms with Crippen molar-refractivity contribution in [1.29, 1.82) is 0 Å². The fourth-order valence-electron chi connectivity index (χ4n) is 8.18. The van der Waals surface area contributed by atoms with Crippen molar-refractivity contribution in [2.45, 2.75) is 0 Å². The predicted molar refractivity (Wildman–Crippen MR) is 229 cm³/mol. The summed E-state index contributed by atoms with van der Waals surface area (Å²) in [4.78, 5) is 7.28. The number of hydrogen-bond donors (Lipinski definition) is 0. The number of nitrogens with zero attached hydrogens (tertiary/aromatic N) is 3. The molecule has 0 unspecified atom stereocenters. The highest BCUT2D eigenvalue weighted by atomic mass is 16.3. The lowest BCUT2D eigenvalue weighted by Gasteiger charge is -2.26. The topological polar surface area (TPSA) is 34.2 Å². The molecule has 0 saturated carbocycles. The first-order valence-corrected chi connectivity index (χ1v) is 18.6. The predicted octanol–water partition coefficient (Wildman–Crippen LogP) is 14.0. The van der Waals surface area contributed by atoms with E-state index in [9.17, 15) is 0 Å². The zero-order valence-electron chi connectivity index (χ0n) is 29.8. The molecule has 0 aliphatic heterocycles. The van der Waals surface area contributed by atoms with Crippen LogP contribution in [-0.4, -0.2) is 9.55 Å². The summed E-state index contributed by atoms with van der Waals surface area (Å²) in [5.41, 5.74) is 11.6. The van der Waals surface area contributed by atoms with Crippen molar-refractivity contribution in [1.82, 2.24) is 9.55 Å². The molecule has 11 rings (SSSR count). The molecule has 9 aromatic carbocycles. The summed E-state index contributed by atoms with van der Waals surface area (Å²) in [7, 11) is 0. The second-order valence-corrected chi connectivity index (χ2v) is 14.0. The third kappa shape index (κ3) is 5.19. The molecule has 0 aliphatic carbocycles. The van der Waals surface area contributed by atoms with E-state index in [4.69, 9.17) is 9.40 Å². The Labute approximate surface area is 317 Å². The van der Waals surface area contributed by atoms with E-state index >= 15 is 0 Å². The van der Waals surface area contributed by atoms with Crippen molar-refractivity contribution in [3.8, 4) is 28.3 Å². The molecule has 2 heterocycles. The van der Waals surface area contributed by atoms with Crippen molar-refractivity contribution < 1.29 is 4.42 Å². The fourth-order valence-corrected chi connectivity index (χ4v) is 8.18. The summed E-state index contributed by atoms with van der Waals surface area (Å²) in [5.74, 6) is 0.606. The number of aromatic nitrogens is 2. The van der Waals surface area contributed by atoms with Crippen LogP contribution in [0.3, 0.4) is 0 Å². The second kappa shape index (κ2) is 12.6. The summed E-state index contributed by atoms with van der Waals surface area (Å²) in [6.07, 6.45) is 0. The van der Waals surface area contributed by atoms with Crippen LogP contribution in [0, 0.1) is 0 Å². The molecule has 0 atom stereocenters. The normalized spacial score (nSPS) is 11.6. The Morgan fingerprint density at radius 2 is 0.982 bits per heavy atom. The van der Waals surface area contributed by atoms with Gasteiger partial charge in [0.15, 0.2) is 5.58 Å². The molecular formula is C51H33N3O. The van der Waals surface area contributed by atoms with Crippen LogP contribution in [0.1, 0.15) is 0 Å². The molecule has 0 radical (unpaired) electrons. The van der Waals surface area contributed by atoms with Crippen LogP contribution in [0.25, 0.3) is 82.7 Å². The summed E-state index contributed by atoms with van der Waals surface area (Å²) in [5, 5.41) is 7.11. The van der Waals surface area contributed by atoms with E-state index in [0.29, 0.717) is 5.89 Å². The zero-order chi connectivity index (χ0) is 36.3. The average molecular weight is 704 g/mol. The average Bonchev–Trinajstić information content (AvgIpc) is 3.85. The van der Waals surface area contributed by atoms with Crippen molar-refractivity contribution in [2.24, 2.45) is 0 Å². The molecule has 0 amide bonds. The van der Waals surface area contributed by atoms with Crippen LogP contribution < -0.4 is 4.90 Å². The van der Waals surface area contributed by atoms with E-state index in [-0.39, 0.29) is 0 Å². The standard InChI is InChI=1S/C51H33N3O/c1-3-11-34(12-4-1)35-19-24-39(25-20-35)53(41-28-30-45-44-17-9-10-18-48(44)54(49(45)33-41)38-14-5-2-6-15-38)40-26-21-37(22-27-40)51-52-47-32-31-43-42-16-8-7-13-36(42)23-29-46(43)50(47)55-51/h1-33H. The molecule has 258 valence electrons. The molecule has 0 fully saturated rings. The van der Waals surface area contributed by atoms with Gasteiger partial charge in [-0.3, -0.25) is 0 Å². The van der Waals surface area contributed by atoms with Gasteiger partial charge in [-0.15, -0.1) is 0 Å². The lowest BCUT2D eigenvalue weighted by molar-refractivity contribution is 0.623. The molecule has 0 saturated heterocycles. The summed E-state index contributed by atoms with van der Waals surface area (Å²) in [6.45, 7) is 0. The molecule has 0 aliphatic rings. The third-order valence-electron chi connectivity index (χ3n) is 10.8. The lowest BCUT2D eigenvalue weighted by atomic mass is 10.0. The molecule has 0 bridgehead atoms. The van der Waals surface area contributed by atoms with Crippen molar-refractivity contribution in [3.05, 3.63) is 200 Å². The van der Waals surface area contributed by atoms with E-state index in [1.807, 2.05) is 0 Å². The SMILES string of the molecule is c1ccc(-c2ccc(N(c3ccc(-c4nc5ccc6c7ccccc7ccc6c5o4)cc3)c3ccc4c5ccccc5n(-c5ccccc5)c4c3)cc2)cc1. The summed E-state index contributed by atoms with van der Waals surface area (Å²) < 4.78 is 8.91. The van der Waals surface area contributed by atoms with Gasteiger partial charge in [-0.25, -0.2) is 4.98 Å². The van der Waals surface area contributed by atoms with E-state index in [0.717, 1.165) is 50.3 Å². The molecule has 0 N–H and O–H groups in total. The molecule has 2 aromatic heterocycles. The first-order valence-electron chi connectivity index (χ1n) is 18.6. The highest BCUT2D eigenvalue weighted by Gasteiger charge is 2.19. The van der Waals surface area contributed by atoms with Gasteiger partial charge in [-0.2, -0.15) is 0 Å². The first-order chi connectivity index (χ1) is 27.3. The minimum absolute atomic E-state index is 0.606. The van der Waals surface area contributed by atoms with E-state index in [1.165, 1.54) is 43.6 Å². The maximum absolute atomic E-state index is 6.55. The maximum atomic E-state index is 6.55. The third-order valence-corrected chi connectivity index (χ3v) is 10.8. The Balaban J connectivity index is 1.04. The molecular weight excluding hydrogens is 671 g/mol. The quantitative estimate of drug-likeness (QED) is 0.162.